The van der Waals surface area contributed by atoms with Crippen molar-refractivity contribution < 1.29 is 14.3 Å². The average Bonchev–Trinajstić information content (AvgIpc) is 2.58. The molecule has 0 unspecified atom stereocenters. The van der Waals surface area contributed by atoms with Crippen molar-refractivity contribution >= 4 is 38.4 Å². The molecule has 0 fully saturated rings. The Morgan fingerprint density at radius 3 is 2.67 bits per heavy atom. The van der Waals surface area contributed by atoms with Gasteiger partial charge in [0, 0.05) is 22.1 Å². The van der Waals surface area contributed by atoms with Crippen molar-refractivity contribution in [3.05, 3.63) is 68.7 Å². The summed E-state index contributed by atoms with van der Waals surface area (Å²) in [5.74, 6) is -1.55. The van der Waals surface area contributed by atoms with E-state index >= 15 is 0 Å². The molecule has 5 nitrogen and oxygen atoms in total. The first-order chi connectivity index (χ1) is 12.8. The van der Waals surface area contributed by atoms with Crippen molar-refractivity contribution in [1.82, 2.24) is 4.57 Å². The first-order valence-electron chi connectivity index (χ1n) is 8.40. The topological polar surface area (TPSA) is 71.3 Å². The molecular formula is C20H18BrFN2O3. The Labute approximate surface area is 163 Å². The second kappa shape index (κ2) is 7.52. The number of aromatic hydroxyl groups is 1. The highest BCUT2D eigenvalue weighted by molar-refractivity contribution is 9.10. The highest BCUT2D eigenvalue weighted by Gasteiger charge is 2.23. The number of anilines is 1. The van der Waals surface area contributed by atoms with E-state index in [9.17, 15) is 19.1 Å². The second-order valence-corrected chi connectivity index (χ2v) is 7.57. The molecule has 1 heterocycles. The predicted octanol–water partition coefficient (Wildman–Crippen LogP) is 4.52. The summed E-state index contributed by atoms with van der Waals surface area (Å²) < 4.78 is 15.6. The van der Waals surface area contributed by atoms with E-state index in [1.807, 2.05) is 13.8 Å². The number of fused-ring (bicyclic) bond motifs is 1. The Hall–Kier alpha value is -2.67. The first kappa shape index (κ1) is 19.1. The van der Waals surface area contributed by atoms with Gasteiger partial charge in [0.05, 0.1) is 5.52 Å². The minimum atomic E-state index is -0.787. The number of aromatic nitrogens is 1. The molecule has 2 N–H and O–H groups in total. The van der Waals surface area contributed by atoms with Gasteiger partial charge in [0.1, 0.15) is 17.1 Å². The quantitative estimate of drug-likeness (QED) is 0.636. The number of pyridine rings is 1. The summed E-state index contributed by atoms with van der Waals surface area (Å²) in [6.45, 7) is 4.29. The molecule has 1 amide bonds. The molecule has 0 atom stereocenters. The normalized spacial score (nSPS) is 11.1. The maximum absolute atomic E-state index is 13.4. The van der Waals surface area contributed by atoms with Crippen molar-refractivity contribution in [2.24, 2.45) is 5.92 Å². The third-order valence-corrected chi connectivity index (χ3v) is 4.55. The maximum atomic E-state index is 13.4. The van der Waals surface area contributed by atoms with Crippen LogP contribution in [0.25, 0.3) is 10.9 Å². The SMILES string of the molecule is CC(C)Cn1c(=O)c(C(=O)Nc2cccc(F)c2)c(O)c2ccc(Br)cc21. The summed E-state index contributed by atoms with van der Waals surface area (Å²) in [6.07, 6.45) is 0. The van der Waals surface area contributed by atoms with Crippen LogP contribution in [0.1, 0.15) is 24.2 Å². The standard InChI is InChI=1S/C20H18BrFN2O3/c1-11(2)10-24-16-8-12(21)6-7-15(16)18(25)17(20(24)27)19(26)23-14-5-3-4-13(22)9-14/h3-9,11,25H,10H2,1-2H3,(H,23,26). The van der Waals surface area contributed by atoms with Crippen LogP contribution in [0.3, 0.4) is 0 Å². The summed E-state index contributed by atoms with van der Waals surface area (Å²) in [7, 11) is 0. The number of nitrogens with one attached hydrogen (secondary N) is 1. The molecule has 0 aliphatic carbocycles. The minimum Gasteiger partial charge on any atom is -0.506 e. The van der Waals surface area contributed by atoms with E-state index in [0.717, 1.165) is 10.5 Å². The second-order valence-electron chi connectivity index (χ2n) is 6.66. The zero-order valence-corrected chi connectivity index (χ0v) is 16.4. The average molecular weight is 433 g/mol. The fourth-order valence-corrected chi connectivity index (χ4v) is 3.27. The Morgan fingerprint density at radius 1 is 1.26 bits per heavy atom. The van der Waals surface area contributed by atoms with E-state index in [1.54, 1.807) is 18.2 Å². The summed E-state index contributed by atoms with van der Waals surface area (Å²) in [4.78, 5) is 25.7. The van der Waals surface area contributed by atoms with E-state index in [0.29, 0.717) is 17.4 Å². The van der Waals surface area contributed by atoms with Crippen LogP contribution in [-0.2, 0) is 6.54 Å². The third kappa shape index (κ3) is 3.88. The fourth-order valence-electron chi connectivity index (χ4n) is 2.92. The van der Waals surface area contributed by atoms with Crippen LogP contribution in [0.2, 0.25) is 0 Å². The Bertz CT molecular complexity index is 1090. The molecular weight excluding hydrogens is 415 g/mol. The highest BCUT2D eigenvalue weighted by atomic mass is 79.9. The monoisotopic (exact) mass is 432 g/mol. The van der Waals surface area contributed by atoms with Gasteiger partial charge in [0.25, 0.3) is 11.5 Å². The lowest BCUT2D eigenvalue weighted by Gasteiger charge is -2.17. The Morgan fingerprint density at radius 2 is 2.00 bits per heavy atom. The summed E-state index contributed by atoms with van der Waals surface area (Å²) in [6, 6.07) is 10.4. The van der Waals surface area contributed by atoms with Gasteiger partial charge in [-0.3, -0.25) is 9.59 Å². The molecule has 27 heavy (non-hydrogen) atoms. The van der Waals surface area contributed by atoms with Crippen molar-refractivity contribution in [2.75, 3.05) is 5.32 Å². The molecule has 7 heteroatoms. The molecule has 3 aromatic rings. The Kier molecular flexibility index (Phi) is 5.32. The molecule has 0 saturated carbocycles. The van der Waals surface area contributed by atoms with Gasteiger partial charge < -0.3 is 15.0 Å². The fraction of sp³-hybridized carbons (Fsp3) is 0.200. The van der Waals surface area contributed by atoms with Gasteiger partial charge >= 0.3 is 0 Å². The number of nitrogens with zero attached hydrogens (tertiary/aromatic N) is 1. The highest BCUT2D eigenvalue weighted by Crippen LogP contribution is 2.29. The molecule has 0 aliphatic heterocycles. The number of carbonyl (C=O) groups excluding carboxylic acids is 1. The molecule has 0 bridgehead atoms. The van der Waals surface area contributed by atoms with Gasteiger partial charge in [-0.05, 0) is 42.3 Å². The summed E-state index contributed by atoms with van der Waals surface area (Å²) >= 11 is 3.37. The number of benzene rings is 2. The summed E-state index contributed by atoms with van der Waals surface area (Å²) in [5, 5.41) is 13.5. The zero-order chi connectivity index (χ0) is 19.7. The number of hydrogen-bond donors (Lipinski definition) is 2. The number of halogens is 2. The zero-order valence-electron chi connectivity index (χ0n) is 14.8. The van der Waals surface area contributed by atoms with Gasteiger partial charge in [-0.15, -0.1) is 0 Å². The van der Waals surface area contributed by atoms with Crippen LogP contribution >= 0.6 is 15.9 Å². The van der Waals surface area contributed by atoms with Crippen LogP contribution in [0.4, 0.5) is 10.1 Å². The van der Waals surface area contributed by atoms with Crippen LogP contribution in [0, 0.1) is 11.7 Å². The largest absolute Gasteiger partial charge is 0.506 e. The van der Waals surface area contributed by atoms with Gasteiger partial charge in [0.2, 0.25) is 0 Å². The van der Waals surface area contributed by atoms with E-state index < -0.39 is 23.0 Å². The lowest BCUT2D eigenvalue weighted by Crippen LogP contribution is -2.31. The number of rotatable bonds is 4. The van der Waals surface area contributed by atoms with Gasteiger partial charge in [-0.2, -0.15) is 0 Å². The van der Waals surface area contributed by atoms with Crippen molar-refractivity contribution in [3.8, 4) is 5.75 Å². The van der Waals surface area contributed by atoms with E-state index in [2.05, 4.69) is 21.2 Å². The van der Waals surface area contributed by atoms with Crippen molar-refractivity contribution in [3.63, 3.8) is 0 Å². The maximum Gasteiger partial charge on any atom is 0.267 e. The van der Waals surface area contributed by atoms with Gasteiger partial charge in [-0.1, -0.05) is 35.8 Å². The number of hydrogen-bond acceptors (Lipinski definition) is 3. The third-order valence-electron chi connectivity index (χ3n) is 4.06. The van der Waals surface area contributed by atoms with Crippen LogP contribution in [-0.4, -0.2) is 15.6 Å². The van der Waals surface area contributed by atoms with E-state index in [1.165, 1.54) is 22.8 Å². The molecule has 1 aromatic heterocycles. The number of carbonyl (C=O) groups is 1. The number of amides is 1. The van der Waals surface area contributed by atoms with Crippen LogP contribution in [0.15, 0.2) is 51.7 Å². The first-order valence-corrected chi connectivity index (χ1v) is 9.19. The molecule has 0 saturated heterocycles. The van der Waals surface area contributed by atoms with E-state index in [4.69, 9.17) is 0 Å². The minimum absolute atomic E-state index is 0.147. The van der Waals surface area contributed by atoms with Crippen molar-refractivity contribution in [1.29, 1.82) is 0 Å². The predicted molar refractivity (Wildman–Crippen MR) is 107 cm³/mol. The van der Waals surface area contributed by atoms with E-state index in [-0.39, 0.29) is 17.2 Å². The molecule has 140 valence electrons. The smallest absolute Gasteiger partial charge is 0.267 e. The van der Waals surface area contributed by atoms with Crippen LogP contribution in [0.5, 0.6) is 5.75 Å². The lowest BCUT2D eigenvalue weighted by molar-refractivity contribution is 0.102. The van der Waals surface area contributed by atoms with Crippen molar-refractivity contribution in [2.45, 2.75) is 20.4 Å². The molecule has 0 spiro atoms. The lowest BCUT2D eigenvalue weighted by atomic mass is 10.1. The summed E-state index contributed by atoms with van der Waals surface area (Å²) in [5.41, 5.74) is -0.233. The van der Waals surface area contributed by atoms with Gasteiger partial charge in [0.15, 0.2) is 0 Å². The Balaban J connectivity index is 2.19. The van der Waals surface area contributed by atoms with Crippen LogP contribution < -0.4 is 10.9 Å². The molecule has 0 aliphatic rings. The molecule has 2 aromatic carbocycles. The van der Waals surface area contributed by atoms with Gasteiger partial charge in [-0.25, -0.2) is 4.39 Å². The molecule has 0 radical (unpaired) electrons. The molecule has 3 rings (SSSR count).